The van der Waals surface area contributed by atoms with Gasteiger partial charge in [0.1, 0.15) is 0 Å². The van der Waals surface area contributed by atoms with E-state index in [9.17, 15) is 8.42 Å². The molecule has 0 amide bonds. The molecule has 0 bridgehead atoms. The van der Waals surface area contributed by atoms with E-state index in [1.54, 1.807) is 4.31 Å². The van der Waals surface area contributed by atoms with Gasteiger partial charge in [-0.05, 0) is 51.1 Å². The highest BCUT2D eigenvalue weighted by Gasteiger charge is 2.33. The van der Waals surface area contributed by atoms with Crippen LogP contribution in [0.15, 0.2) is 0 Å². The Morgan fingerprint density at radius 3 is 2.72 bits per heavy atom. The van der Waals surface area contributed by atoms with Gasteiger partial charge in [0.2, 0.25) is 0 Å². The van der Waals surface area contributed by atoms with Gasteiger partial charge in [-0.25, -0.2) is 0 Å². The van der Waals surface area contributed by atoms with E-state index in [4.69, 9.17) is 0 Å². The Bertz CT molecular complexity index is 354. The van der Waals surface area contributed by atoms with Crippen LogP contribution in [0.5, 0.6) is 0 Å². The minimum atomic E-state index is -3.23. The highest BCUT2D eigenvalue weighted by molar-refractivity contribution is 7.87. The summed E-state index contributed by atoms with van der Waals surface area (Å²) in [6.45, 7) is 5.43. The summed E-state index contributed by atoms with van der Waals surface area (Å²) in [7, 11) is -3.23. The molecule has 1 aliphatic carbocycles. The van der Waals surface area contributed by atoms with Crippen molar-refractivity contribution in [2.75, 3.05) is 26.2 Å². The Morgan fingerprint density at radius 2 is 2.06 bits per heavy atom. The molecule has 0 aromatic rings. The standard InChI is InChI=1S/C12H25N3O2S/c1-2-7-13-9-11-4-3-8-15(10-11)18(16,17)14-12-5-6-12/h11-14H,2-10H2,1H3. The molecule has 2 aliphatic rings. The molecular weight excluding hydrogens is 250 g/mol. The van der Waals surface area contributed by atoms with E-state index < -0.39 is 10.2 Å². The first kappa shape index (κ1) is 14.2. The maximum atomic E-state index is 12.1. The number of hydrogen-bond donors (Lipinski definition) is 2. The lowest BCUT2D eigenvalue weighted by Crippen LogP contribution is -2.48. The molecule has 0 radical (unpaired) electrons. The van der Waals surface area contributed by atoms with Gasteiger partial charge in [0.15, 0.2) is 0 Å². The van der Waals surface area contributed by atoms with Crippen LogP contribution in [-0.2, 0) is 10.2 Å². The fourth-order valence-electron chi connectivity index (χ4n) is 2.38. The molecule has 1 saturated carbocycles. The van der Waals surface area contributed by atoms with E-state index in [0.29, 0.717) is 19.0 Å². The molecular formula is C12H25N3O2S. The van der Waals surface area contributed by atoms with Crippen LogP contribution in [-0.4, -0.2) is 44.9 Å². The zero-order chi connectivity index (χ0) is 13.0. The third kappa shape index (κ3) is 4.19. The Labute approximate surface area is 110 Å². The molecule has 1 atom stereocenters. The molecule has 1 aliphatic heterocycles. The second kappa shape index (κ2) is 6.32. The van der Waals surface area contributed by atoms with Gasteiger partial charge in [-0.3, -0.25) is 0 Å². The van der Waals surface area contributed by atoms with Crippen LogP contribution in [0.4, 0.5) is 0 Å². The molecule has 106 valence electrons. The smallest absolute Gasteiger partial charge is 0.279 e. The second-order valence-corrected chi connectivity index (χ2v) is 7.17. The number of rotatable bonds is 7. The molecule has 1 heterocycles. The summed E-state index contributed by atoms with van der Waals surface area (Å²) in [5.74, 6) is 0.459. The molecule has 2 N–H and O–H groups in total. The molecule has 0 spiro atoms. The molecule has 0 aromatic carbocycles. The van der Waals surface area contributed by atoms with E-state index in [2.05, 4.69) is 17.0 Å². The maximum absolute atomic E-state index is 12.1. The van der Waals surface area contributed by atoms with E-state index in [-0.39, 0.29) is 6.04 Å². The first-order valence-corrected chi connectivity index (χ1v) is 8.54. The lowest BCUT2D eigenvalue weighted by Gasteiger charge is -2.32. The quantitative estimate of drug-likeness (QED) is 0.672. The Hall–Kier alpha value is -0.170. The maximum Gasteiger partial charge on any atom is 0.279 e. The van der Waals surface area contributed by atoms with Crippen molar-refractivity contribution in [2.24, 2.45) is 5.92 Å². The van der Waals surface area contributed by atoms with Crippen molar-refractivity contribution in [3.05, 3.63) is 0 Å². The zero-order valence-corrected chi connectivity index (χ0v) is 12.0. The molecule has 0 aromatic heterocycles. The average Bonchev–Trinajstić information content (AvgIpc) is 3.13. The largest absolute Gasteiger partial charge is 0.316 e. The van der Waals surface area contributed by atoms with Crippen molar-refractivity contribution in [3.8, 4) is 0 Å². The summed E-state index contributed by atoms with van der Waals surface area (Å²) >= 11 is 0. The fourth-order valence-corrected chi connectivity index (χ4v) is 3.96. The van der Waals surface area contributed by atoms with Gasteiger partial charge < -0.3 is 5.32 Å². The van der Waals surface area contributed by atoms with Gasteiger partial charge in [0, 0.05) is 19.1 Å². The summed E-state index contributed by atoms with van der Waals surface area (Å²) in [5, 5.41) is 3.39. The molecule has 2 rings (SSSR count). The predicted octanol–water partition coefficient (Wildman–Crippen LogP) is 0.695. The monoisotopic (exact) mass is 275 g/mol. The van der Waals surface area contributed by atoms with Crippen molar-refractivity contribution in [1.29, 1.82) is 0 Å². The Kier molecular flexibility index (Phi) is 5.00. The predicted molar refractivity (Wildman–Crippen MR) is 72.5 cm³/mol. The van der Waals surface area contributed by atoms with E-state index in [1.807, 2.05) is 0 Å². The average molecular weight is 275 g/mol. The highest BCUT2D eigenvalue weighted by Crippen LogP contribution is 2.23. The lowest BCUT2D eigenvalue weighted by atomic mass is 10.00. The van der Waals surface area contributed by atoms with Gasteiger partial charge in [0.25, 0.3) is 10.2 Å². The van der Waals surface area contributed by atoms with Gasteiger partial charge in [-0.2, -0.15) is 17.4 Å². The van der Waals surface area contributed by atoms with E-state index >= 15 is 0 Å². The second-order valence-electron chi connectivity index (χ2n) is 5.47. The van der Waals surface area contributed by atoms with Gasteiger partial charge in [0.05, 0.1) is 0 Å². The van der Waals surface area contributed by atoms with Gasteiger partial charge in [-0.1, -0.05) is 6.92 Å². The minimum Gasteiger partial charge on any atom is -0.316 e. The van der Waals surface area contributed by atoms with E-state index in [1.165, 1.54) is 0 Å². The molecule has 1 unspecified atom stereocenters. The van der Waals surface area contributed by atoms with Gasteiger partial charge in [-0.15, -0.1) is 0 Å². The van der Waals surface area contributed by atoms with Crippen LogP contribution in [0, 0.1) is 5.92 Å². The molecule has 18 heavy (non-hydrogen) atoms. The Balaban J connectivity index is 1.81. The summed E-state index contributed by atoms with van der Waals surface area (Å²) in [4.78, 5) is 0. The fraction of sp³-hybridized carbons (Fsp3) is 1.00. The number of nitrogens with zero attached hydrogens (tertiary/aromatic N) is 1. The van der Waals surface area contributed by atoms with Crippen molar-refractivity contribution in [1.82, 2.24) is 14.3 Å². The summed E-state index contributed by atoms with van der Waals surface area (Å²) in [6.07, 6.45) is 5.22. The van der Waals surface area contributed by atoms with Crippen molar-refractivity contribution in [3.63, 3.8) is 0 Å². The first-order valence-electron chi connectivity index (χ1n) is 7.10. The minimum absolute atomic E-state index is 0.202. The van der Waals surface area contributed by atoms with Crippen LogP contribution in [0.1, 0.15) is 39.0 Å². The lowest BCUT2D eigenvalue weighted by molar-refractivity contribution is 0.258. The SMILES string of the molecule is CCCNCC1CCCN(S(=O)(=O)NC2CC2)C1. The number of nitrogens with one attached hydrogen (secondary N) is 2. The zero-order valence-electron chi connectivity index (χ0n) is 11.2. The highest BCUT2D eigenvalue weighted by atomic mass is 32.2. The molecule has 5 nitrogen and oxygen atoms in total. The summed E-state index contributed by atoms with van der Waals surface area (Å²) in [5.41, 5.74) is 0. The normalized spacial score (nSPS) is 26.4. The van der Waals surface area contributed by atoms with Crippen molar-refractivity contribution >= 4 is 10.2 Å². The van der Waals surface area contributed by atoms with Crippen LogP contribution in [0.2, 0.25) is 0 Å². The topological polar surface area (TPSA) is 61.4 Å². The summed E-state index contributed by atoms with van der Waals surface area (Å²) < 4.78 is 28.6. The number of hydrogen-bond acceptors (Lipinski definition) is 3. The van der Waals surface area contributed by atoms with Crippen molar-refractivity contribution < 1.29 is 8.42 Å². The number of piperidine rings is 1. The first-order chi connectivity index (χ1) is 8.62. The van der Waals surface area contributed by atoms with E-state index in [0.717, 1.165) is 45.2 Å². The van der Waals surface area contributed by atoms with Crippen LogP contribution in [0.25, 0.3) is 0 Å². The van der Waals surface area contributed by atoms with Crippen molar-refractivity contribution in [2.45, 2.75) is 45.1 Å². The molecule has 2 fully saturated rings. The Morgan fingerprint density at radius 1 is 1.28 bits per heavy atom. The molecule has 1 saturated heterocycles. The third-order valence-electron chi connectivity index (χ3n) is 3.57. The molecule has 6 heteroatoms. The third-order valence-corrected chi connectivity index (χ3v) is 5.22. The van der Waals surface area contributed by atoms with Crippen LogP contribution < -0.4 is 10.0 Å². The summed E-state index contributed by atoms with van der Waals surface area (Å²) in [6, 6.07) is 0.202. The van der Waals surface area contributed by atoms with Crippen LogP contribution in [0.3, 0.4) is 0 Å². The van der Waals surface area contributed by atoms with Gasteiger partial charge >= 0.3 is 0 Å². The van der Waals surface area contributed by atoms with Crippen LogP contribution >= 0.6 is 0 Å².